The predicted molar refractivity (Wildman–Crippen MR) is 108 cm³/mol. The molecule has 7 heteroatoms. The van der Waals surface area contributed by atoms with Crippen molar-refractivity contribution in [3.05, 3.63) is 54.4 Å². The van der Waals surface area contributed by atoms with Crippen LogP contribution in [-0.2, 0) is 0 Å². The molecule has 1 saturated heterocycles. The Morgan fingerprint density at radius 2 is 2.11 bits per heavy atom. The lowest BCUT2D eigenvalue weighted by Crippen LogP contribution is -2.45. The average molecular weight is 385 g/mol. The van der Waals surface area contributed by atoms with E-state index < -0.39 is 0 Å². The average Bonchev–Trinajstić information content (AvgIpc) is 2.73. The van der Waals surface area contributed by atoms with Crippen LogP contribution < -0.4 is 10.6 Å². The zero-order chi connectivity index (χ0) is 19.1. The van der Waals surface area contributed by atoms with E-state index in [1.54, 1.807) is 36.3 Å². The van der Waals surface area contributed by atoms with Gasteiger partial charge in [-0.2, -0.15) is 0 Å². The van der Waals surface area contributed by atoms with Gasteiger partial charge in [0, 0.05) is 36.9 Å². The molecule has 3 amide bonds. The molecule has 6 nitrogen and oxygen atoms in total. The van der Waals surface area contributed by atoms with Gasteiger partial charge in [-0.05, 0) is 49.3 Å². The number of likely N-dealkylation sites (tertiary alicyclic amines) is 1. The fourth-order valence-corrected chi connectivity index (χ4v) is 3.75. The van der Waals surface area contributed by atoms with Gasteiger partial charge in [-0.3, -0.25) is 9.78 Å². The number of hydrogen-bond acceptors (Lipinski definition) is 4. The van der Waals surface area contributed by atoms with Crippen molar-refractivity contribution >= 4 is 29.4 Å². The first-order valence-corrected chi connectivity index (χ1v) is 10.3. The van der Waals surface area contributed by atoms with Crippen molar-refractivity contribution in [2.45, 2.75) is 17.7 Å². The number of piperidine rings is 1. The maximum atomic E-state index is 12.7. The first-order valence-electron chi connectivity index (χ1n) is 9.04. The summed E-state index contributed by atoms with van der Waals surface area (Å²) in [5.74, 6) is 0.125. The molecular weight excluding hydrogens is 360 g/mol. The second-order valence-corrected chi connectivity index (χ2v) is 7.38. The Balaban J connectivity index is 1.53. The zero-order valence-electron chi connectivity index (χ0n) is 15.4. The summed E-state index contributed by atoms with van der Waals surface area (Å²) in [5.41, 5.74) is 1.39. The van der Waals surface area contributed by atoms with E-state index in [0.29, 0.717) is 18.7 Å². The zero-order valence-corrected chi connectivity index (χ0v) is 16.2. The van der Waals surface area contributed by atoms with Gasteiger partial charge >= 0.3 is 6.03 Å². The van der Waals surface area contributed by atoms with E-state index in [1.807, 2.05) is 35.4 Å². The van der Waals surface area contributed by atoms with E-state index in [2.05, 4.69) is 15.6 Å². The van der Waals surface area contributed by atoms with Crippen molar-refractivity contribution in [2.75, 3.05) is 31.2 Å². The molecule has 2 aromatic rings. The number of anilines is 1. The van der Waals surface area contributed by atoms with Gasteiger partial charge in [0.05, 0.1) is 11.3 Å². The number of thioether (sulfide) groups is 1. The standard InChI is InChI=1S/C20H24N4O2S/c1-27-18-9-3-2-8-17(18)23-20(26)24-11-5-6-15(14-24)12-22-19(25)16-7-4-10-21-13-16/h2-4,7-10,13,15H,5-6,11-12,14H2,1H3,(H,22,25)(H,23,26)/t15-/m1/s1. The molecule has 0 bridgehead atoms. The van der Waals surface area contributed by atoms with Gasteiger partial charge in [0.15, 0.2) is 0 Å². The molecule has 2 N–H and O–H groups in total. The number of urea groups is 1. The third-order valence-electron chi connectivity index (χ3n) is 4.63. The number of benzene rings is 1. The Labute approximate surface area is 163 Å². The summed E-state index contributed by atoms with van der Waals surface area (Å²) in [4.78, 5) is 31.7. The number of aromatic nitrogens is 1. The van der Waals surface area contributed by atoms with E-state index in [1.165, 1.54) is 0 Å². The second-order valence-electron chi connectivity index (χ2n) is 6.54. The van der Waals surface area contributed by atoms with Crippen LogP contribution in [0, 0.1) is 5.92 Å². The monoisotopic (exact) mass is 384 g/mol. The minimum absolute atomic E-state index is 0.0835. The number of amides is 3. The van der Waals surface area contributed by atoms with Gasteiger partial charge in [-0.25, -0.2) is 4.79 Å². The summed E-state index contributed by atoms with van der Waals surface area (Å²) >= 11 is 1.61. The number of hydrogen-bond donors (Lipinski definition) is 2. The van der Waals surface area contributed by atoms with E-state index in [0.717, 1.165) is 30.0 Å². The molecule has 0 aliphatic carbocycles. The Morgan fingerprint density at radius 3 is 2.89 bits per heavy atom. The number of carbonyl (C=O) groups is 2. The number of pyridine rings is 1. The van der Waals surface area contributed by atoms with Crippen LogP contribution in [0.2, 0.25) is 0 Å². The number of rotatable bonds is 5. The summed E-state index contributed by atoms with van der Waals surface area (Å²) in [6.07, 6.45) is 7.12. The van der Waals surface area contributed by atoms with Crippen molar-refractivity contribution < 1.29 is 9.59 Å². The lowest BCUT2D eigenvalue weighted by atomic mass is 9.98. The van der Waals surface area contributed by atoms with E-state index in [4.69, 9.17) is 0 Å². The SMILES string of the molecule is CSc1ccccc1NC(=O)N1CCC[C@H](CNC(=O)c2cccnc2)C1. The fourth-order valence-electron chi connectivity index (χ4n) is 3.19. The predicted octanol–water partition coefficient (Wildman–Crippen LogP) is 3.48. The summed E-state index contributed by atoms with van der Waals surface area (Å²) in [5, 5.41) is 5.97. The van der Waals surface area contributed by atoms with Crippen LogP contribution in [0.15, 0.2) is 53.7 Å². The molecule has 1 aliphatic heterocycles. The van der Waals surface area contributed by atoms with Crippen LogP contribution in [0.1, 0.15) is 23.2 Å². The van der Waals surface area contributed by atoms with Crippen molar-refractivity contribution in [3.63, 3.8) is 0 Å². The van der Waals surface area contributed by atoms with Crippen LogP contribution in [-0.4, -0.2) is 47.7 Å². The lowest BCUT2D eigenvalue weighted by Gasteiger charge is -2.33. The summed E-state index contributed by atoms with van der Waals surface area (Å²) in [6, 6.07) is 11.2. The maximum Gasteiger partial charge on any atom is 0.321 e. The van der Waals surface area contributed by atoms with Gasteiger partial charge < -0.3 is 15.5 Å². The highest BCUT2D eigenvalue weighted by atomic mass is 32.2. The molecule has 1 atom stereocenters. The number of para-hydroxylation sites is 1. The summed E-state index contributed by atoms with van der Waals surface area (Å²) in [7, 11) is 0. The highest BCUT2D eigenvalue weighted by Crippen LogP contribution is 2.25. The number of nitrogens with zero attached hydrogens (tertiary/aromatic N) is 2. The number of carbonyl (C=O) groups excluding carboxylic acids is 2. The third-order valence-corrected chi connectivity index (χ3v) is 5.43. The molecule has 0 spiro atoms. The van der Waals surface area contributed by atoms with Crippen molar-refractivity contribution in [1.29, 1.82) is 0 Å². The van der Waals surface area contributed by atoms with Gasteiger partial charge in [-0.1, -0.05) is 12.1 Å². The quantitative estimate of drug-likeness (QED) is 0.774. The van der Waals surface area contributed by atoms with Crippen LogP contribution in [0.4, 0.5) is 10.5 Å². The van der Waals surface area contributed by atoms with Crippen LogP contribution in [0.3, 0.4) is 0 Å². The largest absolute Gasteiger partial charge is 0.352 e. The Hall–Kier alpha value is -2.54. The molecule has 142 valence electrons. The molecule has 3 rings (SSSR count). The molecule has 1 aromatic carbocycles. The first-order chi connectivity index (χ1) is 13.2. The van der Waals surface area contributed by atoms with Gasteiger partial charge in [0.2, 0.25) is 0 Å². The Kier molecular flexibility index (Phi) is 6.70. The highest BCUT2D eigenvalue weighted by Gasteiger charge is 2.24. The topological polar surface area (TPSA) is 74.3 Å². The normalized spacial score (nSPS) is 16.6. The molecule has 2 heterocycles. The van der Waals surface area contributed by atoms with Gasteiger partial charge in [0.25, 0.3) is 5.91 Å². The van der Waals surface area contributed by atoms with Crippen LogP contribution >= 0.6 is 11.8 Å². The molecule has 0 radical (unpaired) electrons. The van der Waals surface area contributed by atoms with Crippen molar-refractivity contribution in [1.82, 2.24) is 15.2 Å². The summed E-state index contributed by atoms with van der Waals surface area (Å²) in [6.45, 7) is 1.93. The molecule has 0 unspecified atom stereocenters. The van der Waals surface area contributed by atoms with E-state index in [9.17, 15) is 9.59 Å². The van der Waals surface area contributed by atoms with E-state index in [-0.39, 0.29) is 17.9 Å². The fraction of sp³-hybridized carbons (Fsp3) is 0.350. The molecule has 0 saturated carbocycles. The minimum atomic E-state index is -0.126. The Morgan fingerprint density at radius 1 is 1.26 bits per heavy atom. The molecule has 1 aromatic heterocycles. The van der Waals surface area contributed by atoms with Gasteiger partial charge in [0.1, 0.15) is 0 Å². The number of nitrogens with one attached hydrogen (secondary N) is 2. The second kappa shape index (κ2) is 9.41. The van der Waals surface area contributed by atoms with Crippen molar-refractivity contribution in [2.24, 2.45) is 5.92 Å². The lowest BCUT2D eigenvalue weighted by molar-refractivity contribution is 0.0938. The minimum Gasteiger partial charge on any atom is -0.352 e. The van der Waals surface area contributed by atoms with Crippen molar-refractivity contribution in [3.8, 4) is 0 Å². The first kappa shape index (κ1) is 19.2. The third kappa shape index (κ3) is 5.23. The molecule has 1 fully saturated rings. The van der Waals surface area contributed by atoms with E-state index >= 15 is 0 Å². The summed E-state index contributed by atoms with van der Waals surface area (Å²) < 4.78 is 0. The maximum absolute atomic E-state index is 12.7. The smallest absolute Gasteiger partial charge is 0.321 e. The molecule has 27 heavy (non-hydrogen) atoms. The van der Waals surface area contributed by atoms with Gasteiger partial charge in [-0.15, -0.1) is 11.8 Å². The highest BCUT2D eigenvalue weighted by molar-refractivity contribution is 7.98. The molecular formula is C20H24N4O2S. The van der Waals surface area contributed by atoms with Crippen LogP contribution in [0.5, 0.6) is 0 Å². The van der Waals surface area contributed by atoms with Crippen LogP contribution in [0.25, 0.3) is 0 Å². The Bertz CT molecular complexity index is 785. The molecule has 1 aliphatic rings.